The Morgan fingerprint density at radius 1 is 1.34 bits per heavy atom. The zero-order chi connectivity index (χ0) is 20.8. The molecule has 0 aliphatic rings. The Morgan fingerprint density at radius 2 is 2.17 bits per heavy atom. The van der Waals surface area contributed by atoms with Crippen LogP contribution >= 0.6 is 46.3 Å². The maximum Gasteiger partial charge on any atom is 0.234 e. The molecule has 3 aromatic rings. The highest BCUT2D eigenvalue weighted by atomic mass is 35.5. The molecular weight excluding hydrogens is 447 g/mol. The summed E-state index contributed by atoms with van der Waals surface area (Å²) in [4.78, 5) is 13.7. The molecule has 0 saturated heterocycles. The van der Waals surface area contributed by atoms with Crippen LogP contribution in [0, 0.1) is 0 Å². The van der Waals surface area contributed by atoms with Crippen molar-refractivity contribution in [1.82, 2.24) is 14.8 Å². The van der Waals surface area contributed by atoms with Crippen LogP contribution in [0.1, 0.15) is 18.2 Å². The number of amides is 1. The van der Waals surface area contributed by atoms with E-state index in [1.165, 1.54) is 16.6 Å². The van der Waals surface area contributed by atoms with Gasteiger partial charge < -0.3 is 5.32 Å². The number of hydrogen-bond acceptors (Lipinski definition) is 5. The van der Waals surface area contributed by atoms with Crippen molar-refractivity contribution in [3.8, 4) is 11.4 Å². The number of aryl methyl sites for hydroxylation is 1. The van der Waals surface area contributed by atoms with Crippen LogP contribution in [-0.2, 0) is 17.8 Å². The van der Waals surface area contributed by atoms with Gasteiger partial charge in [0, 0.05) is 27.4 Å². The van der Waals surface area contributed by atoms with E-state index in [1.54, 1.807) is 35.6 Å². The lowest BCUT2D eigenvalue weighted by Gasteiger charge is -2.09. The van der Waals surface area contributed by atoms with Crippen molar-refractivity contribution >= 4 is 57.9 Å². The van der Waals surface area contributed by atoms with Gasteiger partial charge in [-0.3, -0.25) is 9.36 Å². The van der Waals surface area contributed by atoms with Crippen LogP contribution in [0.5, 0.6) is 0 Å². The minimum absolute atomic E-state index is 0.169. The summed E-state index contributed by atoms with van der Waals surface area (Å²) >= 11 is 15.1. The molecule has 0 radical (unpaired) electrons. The molecule has 0 atom stereocenters. The van der Waals surface area contributed by atoms with Gasteiger partial charge in [-0.15, -0.1) is 28.1 Å². The molecule has 1 amide bonds. The van der Waals surface area contributed by atoms with Gasteiger partial charge in [-0.25, -0.2) is 0 Å². The van der Waals surface area contributed by atoms with Gasteiger partial charge in [0.15, 0.2) is 11.0 Å². The standard InChI is InChI=1S/C20H20Cl2N4OS2/c1-3-5-15-9-13(11-28-15)19-24-25-20(26(19)8-4-2)29-12-18(27)23-17-10-14(21)6-7-16(17)22/h4,6-7,9-11H,2-3,5,8,12H2,1H3,(H,23,27). The molecule has 152 valence electrons. The predicted octanol–water partition coefficient (Wildman–Crippen LogP) is 6.18. The molecule has 1 aromatic carbocycles. The summed E-state index contributed by atoms with van der Waals surface area (Å²) in [6.07, 6.45) is 3.95. The quantitative estimate of drug-likeness (QED) is 0.302. The number of benzene rings is 1. The number of hydrogen-bond donors (Lipinski definition) is 1. The topological polar surface area (TPSA) is 59.8 Å². The van der Waals surface area contributed by atoms with Crippen LogP contribution in [-0.4, -0.2) is 26.4 Å². The third-order valence-electron chi connectivity index (χ3n) is 3.97. The number of nitrogens with zero attached hydrogens (tertiary/aromatic N) is 3. The Bertz CT molecular complexity index is 1020. The first-order valence-corrected chi connectivity index (χ1v) is 11.6. The Kier molecular flexibility index (Phi) is 7.77. The Labute approximate surface area is 188 Å². The molecule has 0 unspecified atom stereocenters. The van der Waals surface area contributed by atoms with E-state index in [0.29, 0.717) is 27.4 Å². The number of thiophene rings is 1. The first-order chi connectivity index (χ1) is 14.0. The largest absolute Gasteiger partial charge is 0.324 e. The van der Waals surface area contributed by atoms with Crippen molar-refractivity contribution < 1.29 is 4.79 Å². The first kappa shape index (κ1) is 21.9. The van der Waals surface area contributed by atoms with E-state index in [9.17, 15) is 4.79 Å². The molecule has 0 bridgehead atoms. The fourth-order valence-electron chi connectivity index (χ4n) is 2.69. The SMILES string of the molecule is C=CCn1c(SCC(=O)Nc2cc(Cl)ccc2Cl)nnc1-c1csc(CCC)c1. The van der Waals surface area contributed by atoms with E-state index < -0.39 is 0 Å². The van der Waals surface area contributed by atoms with Gasteiger partial charge in [0.2, 0.25) is 5.91 Å². The number of carbonyl (C=O) groups excluding carboxylic acids is 1. The van der Waals surface area contributed by atoms with Gasteiger partial charge in [-0.05, 0) is 30.7 Å². The van der Waals surface area contributed by atoms with Gasteiger partial charge in [0.05, 0.1) is 16.5 Å². The van der Waals surface area contributed by atoms with Crippen LogP contribution in [0.15, 0.2) is 47.5 Å². The number of allylic oxidation sites excluding steroid dienone is 1. The minimum Gasteiger partial charge on any atom is -0.324 e. The molecule has 0 saturated carbocycles. The van der Waals surface area contributed by atoms with Crippen molar-refractivity contribution in [3.63, 3.8) is 0 Å². The van der Waals surface area contributed by atoms with Crippen LogP contribution in [0.25, 0.3) is 11.4 Å². The minimum atomic E-state index is -0.199. The van der Waals surface area contributed by atoms with Crippen LogP contribution in [0.3, 0.4) is 0 Å². The number of nitrogens with one attached hydrogen (secondary N) is 1. The average Bonchev–Trinajstić information content (AvgIpc) is 3.31. The van der Waals surface area contributed by atoms with E-state index in [1.807, 2.05) is 4.57 Å². The molecule has 2 aromatic heterocycles. The molecule has 0 fully saturated rings. The van der Waals surface area contributed by atoms with E-state index in [2.05, 4.69) is 40.5 Å². The molecule has 5 nitrogen and oxygen atoms in total. The van der Waals surface area contributed by atoms with Crippen molar-refractivity contribution in [2.75, 3.05) is 11.1 Å². The molecular formula is C20H20Cl2N4OS2. The summed E-state index contributed by atoms with van der Waals surface area (Å²) in [5.41, 5.74) is 1.52. The molecule has 3 rings (SSSR count). The Morgan fingerprint density at radius 3 is 2.93 bits per heavy atom. The lowest BCUT2D eigenvalue weighted by atomic mass is 10.2. The van der Waals surface area contributed by atoms with Crippen molar-refractivity contribution in [2.24, 2.45) is 0 Å². The van der Waals surface area contributed by atoms with E-state index >= 15 is 0 Å². The second-order valence-corrected chi connectivity index (χ2v) is 9.00. The van der Waals surface area contributed by atoms with Crippen molar-refractivity contribution in [2.45, 2.75) is 31.5 Å². The van der Waals surface area contributed by atoms with Crippen molar-refractivity contribution in [3.05, 3.63) is 57.2 Å². The predicted molar refractivity (Wildman–Crippen MR) is 123 cm³/mol. The average molecular weight is 467 g/mol. The summed E-state index contributed by atoms with van der Waals surface area (Å²) in [6.45, 7) is 6.55. The molecule has 1 N–H and O–H groups in total. The molecule has 2 heterocycles. The van der Waals surface area contributed by atoms with Crippen molar-refractivity contribution in [1.29, 1.82) is 0 Å². The van der Waals surface area contributed by atoms with Gasteiger partial charge in [-0.1, -0.05) is 54.4 Å². The molecule has 0 aliphatic heterocycles. The lowest BCUT2D eigenvalue weighted by Crippen LogP contribution is -2.15. The number of thioether (sulfide) groups is 1. The number of rotatable bonds is 9. The summed E-state index contributed by atoms with van der Waals surface area (Å²) in [6, 6.07) is 7.09. The summed E-state index contributed by atoms with van der Waals surface area (Å²) in [5.74, 6) is 0.752. The van der Waals surface area contributed by atoms with E-state index in [-0.39, 0.29) is 11.7 Å². The highest BCUT2D eigenvalue weighted by Crippen LogP contribution is 2.29. The highest BCUT2D eigenvalue weighted by molar-refractivity contribution is 7.99. The van der Waals surface area contributed by atoms with Crippen LogP contribution < -0.4 is 5.32 Å². The van der Waals surface area contributed by atoms with Crippen LogP contribution in [0.2, 0.25) is 10.0 Å². The van der Waals surface area contributed by atoms with Crippen LogP contribution in [0.4, 0.5) is 5.69 Å². The summed E-state index contributed by atoms with van der Waals surface area (Å²) in [7, 11) is 0. The Hall–Kier alpha value is -1.80. The van der Waals surface area contributed by atoms with E-state index in [4.69, 9.17) is 23.2 Å². The molecule has 0 aliphatic carbocycles. The maximum absolute atomic E-state index is 12.4. The zero-order valence-corrected chi connectivity index (χ0v) is 19.0. The second kappa shape index (κ2) is 10.3. The molecule has 9 heteroatoms. The summed E-state index contributed by atoms with van der Waals surface area (Å²) < 4.78 is 1.97. The normalized spacial score (nSPS) is 10.9. The fourth-order valence-corrected chi connectivity index (χ4v) is 4.74. The summed E-state index contributed by atoms with van der Waals surface area (Å²) in [5, 5.41) is 15.1. The number of halogens is 2. The van der Waals surface area contributed by atoms with Gasteiger partial charge in [0.25, 0.3) is 0 Å². The van der Waals surface area contributed by atoms with Gasteiger partial charge in [0.1, 0.15) is 0 Å². The third-order valence-corrected chi connectivity index (χ3v) is 6.50. The monoisotopic (exact) mass is 466 g/mol. The smallest absolute Gasteiger partial charge is 0.234 e. The third kappa shape index (κ3) is 5.63. The maximum atomic E-state index is 12.4. The lowest BCUT2D eigenvalue weighted by molar-refractivity contribution is -0.113. The zero-order valence-electron chi connectivity index (χ0n) is 15.8. The van der Waals surface area contributed by atoms with E-state index in [0.717, 1.165) is 24.2 Å². The number of aromatic nitrogens is 3. The van der Waals surface area contributed by atoms with Gasteiger partial charge >= 0.3 is 0 Å². The molecule has 0 spiro atoms. The fraction of sp³-hybridized carbons (Fsp3) is 0.250. The number of carbonyl (C=O) groups is 1. The second-order valence-electron chi connectivity index (χ2n) is 6.22. The highest BCUT2D eigenvalue weighted by Gasteiger charge is 2.16. The van der Waals surface area contributed by atoms with Gasteiger partial charge in [-0.2, -0.15) is 0 Å². The Balaban J connectivity index is 1.71. The number of anilines is 1. The first-order valence-electron chi connectivity index (χ1n) is 9.01. The molecule has 29 heavy (non-hydrogen) atoms.